The van der Waals surface area contributed by atoms with Gasteiger partial charge in [0, 0.05) is 11.2 Å². The van der Waals surface area contributed by atoms with Crippen molar-refractivity contribution in [3.05, 3.63) is 94.0 Å². The fourth-order valence-electron chi connectivity index (χ4n) is 3.63. The topological polar surface area (TPSA) is 100 Å². The molecule has 0 spiro atoms. The van der Waals surface area contributed by atoms with Crippen LogP contribution in [-0.2, 0) is 18.0 Å². The summed E-state index contributed by atoms with van der Waals surface area (Å²) in [6, 6.07) is 15.7. The number of carbonyl (C=O) groups excluding carboxylic acids is 2. The second kappa shape index (κ2) is 10.4. The number of nitrogens with one attached hydrogen (secondary N) is 1. The largest absolute Gasteiger partial charge is 0.471 e. The van der Waals surface area contributed by atoms with Crippen molar-refractivity contribution in [2.24, 2.45) is 0 Å². The average molecular weight is 494 g/mol. The molecule has 4 aromatic rings. The van der Waals surface area contributed by atoms with Crippen LogP contribution < -0.4 is 10.1 Å². The minimum absolute atomic E-state index is 0.0545. The van der Waals surface area contributed by atoms with Gasteiger partial charge in [-0.15, -0.1) is 0 Å². The van der Waals surface area contributed by atoms with Crippen LogP contribution in [0, 0.1) is 13.8 Å². The molecule has 0 atom stereocenters. The molecule has 1 amide bonds. The highest BCUT2D eigenvalue weighted by atomic mass is 35.5. The van der Waals surface area contributed by atoms with E-state index >= 15 is 0 Å². The van der Waals surface area contributed by atoms with E-state index in [1.165, 1.54) is 18.0 Å². The third kappa shape index (κ3) is 5.36. The maximum Gasteiger partial charge on any atom is 0.338 e. The monoisotopic (exact) mass is 493 g/mol. The molecular formula is C25H24ClN5O4. The van der Waals surface area contributed by atoms with E-state index < -0.39 is 5.97 Å². The zero-order valence-corrected chi connectivity index (χ0v) is 20.2. The van der Waals surface area contributed by atoms with Gasteiger partial charge in [-0.1, -0.05) is 29.8 Å². The summed E-state index contributed by atoms with van der Waals surface area (Å²) in [6.45, 7) is 4.07. The van der Waals surface area contributed by atoms with Crippen LogP contribution in [0.2, 0.25) is 5.02 Å². The number of rotatable bonds is 8. The number of hydrogen-bond donors (Lipinski definition) is 1. The Kier molecular flexibility index (Phi) is 7.17. The van der Waals surface area contributed by atoms with Gasteiger partial charge in [0.25, 0.3) is 5.91 Å². The van der Waals surface area contributed by atoms with Crippen molar-refractivity contribution in [1.82, 2.24) is 19.6 Å². The highest BCUT2D eigenvalue weighted by molar-refractivity contribution is 6.30. The fourth-order valence-corrected chi connectivity index (χ4v) is 3.76. The van der Waals surface area contributed by atoms with Gasteiger partial charge in [-0.3, -0.25) is 9.48 Å². The van der Waals surface area contributed by atoms with Crippen LogP contribution in [0.25, 0.3) is 0 Å². The first-order chi connectivity index (χ1) is 16.9. The SMILES string of the molecule is COC(=O)c1ccccc1Cn1nc(C)c(NC(=O)c2ccnn2COc2ccc(Cl)cc2)c1C. The molecular weight excluding hydrogens is 470 g/mol. The Balaban J connectivity index is 1.49. The number of carbonyl (C=O) groups is 2. The number of esters is 1. The third-order valence-electron chi connectivity index (χ3n) is 5.48. The lowest BCUT2D eigenvalue weighted by Gasteiger charge is -2.11. The first-order valence-corrected chi connectivity index (χ1v) is 11.2. The Morgan fingerprint density at radius 2 is 1.77 bits per heavy atom. The molecule has 0 saturated heterocycles. The number of halogens is 1. The van der Waals surface area contributed by atoms with Crippen LogP contribution in [0.3, 0.4) is 0 Å². The first kappa shape index (κ1) is 24.0. The number of methoxy groups -OCH3 is 1. The number of aryl methyl sites for hydroxylation is 1. The van der Waals surface area contributed by atoms with Crippen molar-refractivity contribution >= 4 is 29.2 Å². The molecule has 0 unspecified atom stereocenters. The minimum Gasteiger partial charge on any atom is -0.471 e. The zero-order chi connectivity index (χ0) is 24.9. The van der Waals surface area contributed by atoms with Gasteiger partial charge in [0.05, 0.1) is 36.3 Å². The van der Waals surface area contributed by atoms with Crippen LogP contribution in [0.15, 0.2) is 60.8 Å². The number of benzene rings is 2. The number of aromatic nitrogens is 4. The molecule has 0 bridgehead atoms. The molecule has 0 fully saturated rings. The number of amides is 1. The summed E-state index contributed by atoms with van der Waals surface area (Å²) in [7, 11) is 1.35. The van der Waals surface area contributed by atoms with E-state index in [0.717, 1.165) is 11.3 Å². The molecule has 0 radical (unpaired) electrons. The molecule has 0 saturated carbocycles. The number of ether oxygens (including phenoxy) is 2. The molecule has 35 heavy (non-hydrogen) atoms. The van der Waals surface area contributed by atoms with Crippen LogP contribution >= 0.6 is 11.6 Å². The second-order valence-corrected chi connectivity index (χ2v) is 8.19. The van der Waals surface area contributed by atoms with Crippen molar-refractivity contribution < 1.29 is 19.1 Å². The standard InChI is InChI=1S/C25H24ClN5O4/c1-16-23(17(2)30(29-16)14-18-6-4-5-7-21(18)25(33)34-3)28-24(32)22-12-13-27-31(22)15-35-20-10-8-19(26)9-11-20/h4-13H,14-15H2,1-3H3,(H,28,32). The Hall–Kier alpha value is -4.11. The summed E-state index contributed by atoms with van der Waals surface area (Å²) in [4.78, 5) is 25.2. The molecule has 180 valence electrons. The van der Waals surface area contributed by atoms with Crippen molar-refractivity contribution in [2.45, 2.75) is 27.1 Å². The summed E-state index contributed by atoms with van der Waals surface area (Å²) in [5.74, 6) is -0.149. The van der Waals surface area contributed by atoms with Gasteiger partial charge >= 0.3 is 5.97 Å². The van der Waals surface area contributed by atoms with Gasteiger partial charge in [-0.2, -0.15) is 10.2 Å². The quantitative estimate of drug-likeness (QED) is 0.363. The lowest BCUT2D eigenvalue weighted by Crippen LogP contribution is -2.20. The van der Waals surface area contributed by atoms with Crippen molar-refractivity contribution in [3.63, 3.8) is 0 Å². The number of hydrogen-bond acceptors (Lipinski definition) is 6. The lowest BCUT2D eigenvalue weighted by atomic mass is 10.1. The van der Waals surface area contributed by atoms with E-state index in [1.807, 2.05) is 26.0 Å². The van der Waals surface area contributed by atoms with Gasteiger partial charge in [0.15, 0.2) is 6.73 Å². The molecule has 10 heteroatoms. The Morgan fingerprint density at radius 1 is 1.03 bits per heavy atom. The second-order valence-electron chi connectivity index (χ2n) is 7.75. The highest BCUT2D eigenvalue weighted by Gasteiger charge is 2.19. The predicted molar refractivity (Wildman–Crippen MR) is 131 cm³/mol. The summed E-state index contributed by atoms with van der Waals surface area (Å²) in [5, 5.41) is 12.3. The van der Waals surface area contributed by atoms with E-state index in [-0.39, 0.29) is 12.6 Å². The maximum atomic E-state index is 13.1. The third-order valence-corrected chi connectivity index (χ3v) is 5.73. The first-order valence-electron chi connectivity index (χ1n) is 10.8. The van der Waals surface area contributed by atoms with Crippen LogP contribution in [-0.4, -0.2) is 38.5 Å². The van der Waals surface area contributed by atoms with Gasteiger partial charge in [-0.25, -0.2) is 9.48 Å². The molecule has 0 aliphatic rings. The molecule has 0 aliphatic heterocycles. The summed E-state index contributed by atoms with van der Waals surface area (Å²) < 4.78 is 13.8. The Bertz CT molecular complexity index is 1360. The summed E-state index contributed by atoms with van der Waals surface area (Å²) in [6.07, 6.45) is 1.53. The zero-order valence-electron chi connectivity index (χ0n) is 19.5. The van der Waals surface area contributed by atoms with Crippen LogP contribution in [0.4, 0.5) is 5.69 Å². The molecule has 4 rings (SSSR count). The Morgan fingerprint density at radius 3 is 2.51 bits per heavy atom. The lowest BCUT2D eigenvalue weighted by molar-refractivity contribution is 0.0599. The maximum absolute atomic E-state index is 13.1. The van der Waals surface area contributed by atoms with Crippen molar-refractivity contribution in [2.75, 3.05) is 12.4 Å². The van der Waals surface area contributed by atoms with E-state index in [9.17, 15) is 9.59 Å². The molecule has 2 aromatic heterocycles. The molecule has 2 aromatic carbocycles. The number of anilines is 1. The molecule has 9 nitrogen and oxygen atoms in total. The van der Waals surface area contributed by atoms with E-state index in [4.69, 9.17) is 21.1 Å². The normalized spacial score (nSPS) is 10.7. The molecule has 0 aliphatic carbocycles. The van der Waals surface area contributed by atoms with Gasteiger partial charge in [-0.05, 0) is 55.8 Å². The highest BCUT2D eigenvalue weighted by Crippen LogP contribution is 2.23. The van der Waals surface area contributed by atoms with E-state index in [1.54, 1.807) is 47.1 Å². The van der Waals surface area contributed by atoms with Gasteiger partial charge in [0.1, 0.15) is 11.4 Å². The molecule has 2 heterocycles. The van der Waals surface area contributed by atoms with Crippen LogP contribution in [0.1, 0.15) is 37.8 Å². The van der Waals surface area contributed by atoms with Gasteiger partial charge < -0.3 is 14.8 Å². The Labute approximate surface area is 207 Å². The van der Waals surface area contributed by atoms with E-state index in [0.29, 0.717) is 40.0 Å². The predicted octanol–water partition coefficient (Wildman–Crippen LogP) is 4.47. The summed E-state index contributed by atoms with van der Waals surface area (Å²) in [5.41, 5.74) is 3.56. The van der Waals surface area contributed by atoms with Crippen molar-refractivity contribution in [3.8, 4) is 5.75 Å². The van der Waals surface area contributed by atoms with E-state index in [2.05, 4.69) is 15.5 Å². The smallest absolute Gasteiger partial charge is 0.338 e. The minimum atomic E-state index is -0.412. The number of nitrogens with zero attached hydrogens (tertiary/aromatic N) is 4. The fraction of sp³-hybridized carbons (Fsp3) is 0.200. The average Bonchev–Trinajstić information content (AvgIpc) is 3.44. The summed E-state index contributed by atoms with van der Waals surface area (Å²) >= 11 is 5.90. The van der Waals surface area contributed by atoms with Crippen LogP contribution in [0.5, 0.6) is 5.75 Å². The molecule has 1 N–H and O–H groups in total. The van der Waals surface area contributed by atoms with Gasteiger partial charge in [0.2, 0.25) is 0 Å². The van der Waals surface area contributed by atoms with Crippen molar-refractivity contribution in [1.29, 1.82) is 0 Å².